The quantitative estimate of drug-likeness (QED) is 0.444. The molecule has 1 fully saturated rings. The zero-order valence-electron chi connectivity index (χ0n) is 12.6. The van der Waals surface area contributed by atoms with Gasteiger partial charge in [0.1, 0.15) is 11.2 Å². The SMILES string of the molecule is C=C1CC(C(C)=O)(C(=O)OCC)CC1(C)CSC(C)=O. The molecule has 1 aliphatic carbocycles. The minimum absolute atomic E-state index is 0.0236. The van der Waals surface area contributed by atoms with Crippen LogP contribution in [0.2, 0.25) is 0 Å². The van der Waals surface area contributed by atoms with E-state index >= 15 is 0 Å². The van der Waals surface area contributed by atoms with Crippen molar-refractivity contribution < 1.29 is 19.1 Å². The lowest BCUT2D eigenvalue weighted by Crippen LogP contribution is -2.38. The molecule has 4 nitrogen and oxygen atoms in total. The maximum absolute atomic E-state index is 12.2. The molecule has 5 heteroatoms. The first-order valence-electron chi connectivity index (χ1n) is 6.68. The first-order chi connectivity index (χ1) is 9.18. The first kappa shape index (κ1) is 17.0. The molecule has 20 heavy (non-hydrogen) atoms. The Morgan fingerprint density at radius 3 is 2.40 bits per heavy atom. The van der Waals surface area contributed by atoms with Gasteiger partial charge < -0.3 is 4.74 Å². The number of Topliss-reactive ketones (excluding diaryl/α,β-unsaturated/α-hetero) is 1. The number of hydrogen-bond acceptors (Lipinski definition) is 5. The van der Waals surface area contributed by atoms with Gasteiger partial charge >= 0.3 is 5.97 Å². The molecular weight excluding hydrogens is 276 g/mol. The van der Waals surface area contributed by atoms with Crippen LogP contribution in [-0.2, 0) is 19.1 Å². The highest BCUT2D eigenvalue weighted by atomic mass is 32.2. The molecule has 1 aliphatic rings. The van der Waals surface area contributed by atoms with Gasteiger partial charge in [-0.25, -0.2) is 0 Å². The molecule has 0 spiro atoms. The summed E-state index contributed by atoms with van der Waals surface area (Å²) in [6.45, 7) is 10.9. The zero-order valence-corrected chi connectivity index (χ0v) is 13.4. The molecule has 2 unspecified atom stereocenters. The number of ketones is 1. The highest BCUT2D eigenvalue weighted by molar-refractivity contribution is 8.13. The van der Waals surface area contributed by atoms with Crippen molar-refractivity contribution in [2.45, 2.75) is 40.5 Å². The van der Waals surface area contributed by atoms with Crippen molar-refractivity contribution >= 4 is 28.6 Å². The average Bonchev–Trinajstić information content (AvgIpc) is 2.62. The second-order valence-electron chi connectivity index (χ2n) is 5.66. The van der Waals surface area contributed by atoms with Crippen molar-refractivity contribution in [3.63, 3.8) is 0 Å². The number of carbonyl (C=O) groups is 3. The summed E-state index contributed by atoms with van der Waals surface area (Å²) < 4.78 is 5.08. The molecule has 0 radical (unpaired) electrons. The van der Waals surface area contributed by atoms with Crippen LogP contribution in [0.5, 0.6) is 0 Å². The highest BCUT2D eigenvalue weighted by Gasteiger charge is 2.56. The summed E-state index contributed by atoms with van der Waals surface area (Å²) in [7, 11) is 0. The number of carbonyl (C=O) groups excluding carboxylic acids is 3. The third-order valence-corrected chi connectivity index (χ3v) is 5.18. The normalized spacial score (nSPS) is 29.3. The second-order valence-corrected chi connectivity index (χ2v) is 6.81. The summed E-state index contributed by atoms with van der Waals surface area (Å²) in [5.41, 5.74) is -0.678. The summed E-state index contributed by atoms with van der Waals surface area (Å²) in [6.07, 6.45) is 0.684. The molecule has 0 aromatic rings. The van der Waals surface area contributed by atoms with E-state index in [-0.39, 0.29) is 17.5 Å². The predicted molar refractivity (Wildman–Crippen MR) is 79.4 cm³/mol. The number of rotatable bonds is 5. The first-order valence-corrected chi connectivity index (χ1v) is 7.66. The lowest BCUT2D eigenvalue weighted by atomic mass is 9.78. The third-order valence-electron chi connectivity index (χ3n) is 3.99. The Hall–Kier alpha value is -1.10. The van der Waals surface area contributed by atoms with Gasteiger partial charge in [-0.15, -0.1) is 0 Å². The molecule has 0 aliphatic heterocycles. The van der Waals surface area contributed by atoms with Crippen molar-refractivity contribution in [2.24, 2.45) is 10.8 Å². The average molecular weight is 298 g/mol. The van der Waals surface area contributed by atoms with Gasteiger partial charge in [-0.2, -0.15) is 0 Å². The van der Waals surface area contributed by atoms with Crippen molar-refractivity contribution in [3.8, 4) is 0 Å². The molecule has 0 amide bonds. The van der Waals surface area contributed by atoms with Gasteiger partial charge in [0.05, 0.1) is 6.61 Å². The van der Waals surface area contributed by atoms with Gasteiger partial charge in [-0.1, -0.05) is 30.8 Å². The number of thioether (sulfide) groups is 1. The monoisotopic (exact) mass is 298 g/mol. The molecule has 0 saturated heterocycles. The Balaban J connectivity index is 3.03. The molecule has 0 aromatic carbocycles. The topological polar surface area (TPSA) is 60.4 Å². The van der Waals surface area contributed by atoms with Crippen molar-refractivity contribution in [1.29, 1.82) is 0 Å². The molecule has 1 saturated carbocycles. The summed E-state index contributed by atoms with van der Waals surface area (Å²) in [5.74, 6) is -0.117. The van der Waals surface area contributed by atoms with E-state index in [4.69, 9.17) is 4.74 Å². The van der Waals surface area contributed by atoms with Crippen LogP contribution in [0, 0.1) is 10.8 Å². The van der Waals surface area contributed by atoms with Crippen LogP contribution in [0.3, 0.4) is 0 Å². The lowest BCUT2D eigenvalue weighted by molar-refractivity contribution is -0.159. The molecule has 1 rings (SSSR count). The van der Waals surface area contributed by atoms with E-state index in [1.54, 1.807) is 6.92 Å². The molecule has 0 heterocycles. The van der Waals surface area contributed by atoms with Gasteiger partial charge in [0.15, 0.2) is 5.12 Å². The molecular formula is C15H22O4S. The van der Waals surface area contributed by atoms with E-state index in [2.05, 4.69) is 6.58 Å². The minimum Gasteiger partial charge on any atom is -0.465 e. The van der Waals surface area contributed by atoms with Gasteiger partial charge in [0, 0.05) is 12.7 Å². The smallest absolute Gasteiger partial charge is 0.319 e. The van der Waals surface area contributed by atoms with Crippen molar-refractivity contribution in [3.05, 3.63) is 12.2 Å². The lowest BCUT2D eigenvalue weighted by Gasteiger charge is -2.28. The van der Waals surface area contributed by atoms with Gasteiger partial charge in [-0.3, -0.25) is 14.4 Å². The minimum atomic E-state index is -1.13. The molecule has 0 bridgehead atoms. The van der Waals surface area contributed by atoms with Gasteiger partial charge in [0.25, 0.3) is 0 Å². The fourth-order valence-electron chi connectivity index (χ4n) is 2.65. The van der Waals surface area contributed by atoms with Crippen LogP contribution in [0.25, 0.3) is 0 Å². The van der Waals surface area contributed by atoms with E-state index in [1.165, 1.54) is 25.6 Å². The van der Waals surface area contributed by atoms with E-state index < -0.39 is 16.8 Å². The van der Waals surface area contributed by atoms with Crippen molar-refractivity contribution in [2.75, 3.05) is 12.4 Å². The van der Waals surface area contributed by atoms with E-state index in [0.717, 1.165) is 5.57 Å². The number of esters is 1. The summed E-state index contributed by atoms with van der Waals surface area (Å²) in [4.78, 5) is 35.4. The Morgan fingerprint density at radius 2 is 1.95 bits per heavy atom. The predicted octanol–water partition coefficient (Wildman–Crippen LogP) is 2.76. The largest absolute Gasteiger partial charge is 0.465 e. The van der Waals surface area contributed by atoms with E-state index in [1.807, 2.05) is 6.92 Å². The van der Waals surface area contributed by atoms with Gasteiger partial charge in [-0.05, 0) is 32.1 Å². The maximum atomic E-state index is 12.2. The van der Waals surface area contributed by atoms with E-state index in [0.29, 0.717) is 18.6 Å². The van der Waals surface area contributed by atoms with Crippen LogP contribution < -0.4 is 0 Å². The van der Waals surface area contributed by atoms with Crippen LogP contribution in [0.4, 0.5) is 0 Å². The van der Waals surface area contributed by atoms with Crippen LogP contribution in [0.15, 0.2) is 12.2 Å². The fourth-order valence-corrected chi connectivity index (χ4v) is 3.48. The number of allylic oxidation sites excluding steroid dienone is 1. The van der Waals surface area contributed by atoms with E-state index in [9.17, 15) is 14.4 Å². The summed E-state index contributed by atoms with van der Waals surface area (Å²) in [5, 5.41) is 0.0236. The van der Waals surface area contributed by atoms with Crippen LogP contribution >= 0.6 is 11.8 Å². The van der Waals surface area contributed by atoms with Crippen molar-refractivity contribution in [1.82, 2.24) is 0 Å². The zero-order chi connectivity index (χ0) is 15.6. The summed E-state index contributed by atoms with van der Waals surface area (Å²) in [6, 6.07) is 0. The highest BCUT2D eigenvalue weighted by Crippen LogP contribution is 2.54. The molecule has 2 atom stereocenters. The van der Waals surface area contributed by atoms with Gasteiger partial charge in [0.2, 0.25) is 0 Å². The summed E-state index contributed by atoms with van der Waals surface area (Å²) >= 11 is 1.21. The molecule has 0 aromatic heterocycles. The Bertz CT molecular complexity index is 457. The fraction of sp³-hybridized carbons (Fsp3) is 0.667. The standard InChI is InChI=1S/C15H22O4S/c1-6-19-13(18)15(11(3)16)7-10(2)14(5,8-15)9-20-12(4)17/h2,6-9H2,1,3-5H3. The number of ether oxygens (including phenoxy) is 1. The Morgan fingerprint density at radius 1 is 1.35 bits per heavy atom. The molecule has 112 valence electrons. The maximum Gasteiger partial charge on any atom is 0.319 e. The molecule has 0 N–H and O–H groups in total. The number of hydrogen-bond donors (Lipinski definition) is 0. The Kier molecular flexibility index (Phi) is 5.19. The third kappa shape index (κ3) is 3.14. The van der Waals surface area contributed by atoms with Crippen LogP contribution in [-0.4, -0.2) is 29.2 Å². The van der Waals surface area contributed by atoms with Crippen LogP contribution in [0.1, 0.15) is 40.5 Å². The second kappa shape index (κ2) is 6.12. The Labute approximate surface area is 124 Å².